The fourth-order valence-corrected chi connectivity index (χ4v) is 6.38. The van der Waals surface area contributed by atoms with Crippen molar-refractivity contribution in [3.05, 3.63) is 99.0 Å². The molecule has 0 atom stereocenters. The molecule has 0 spiro atoms. The van der Waals surface area contributed by atoms with Gasteiger partial charge in [0.2, 0.25) is 0 Å². The molecule has 11 heteroatoms. The fourth-order valence-electron chi connectivity index (χ4n) is 5.02. The number of benzene rings is 2. The third-order valence-corrected chi connectivity index (χ3v) is 8.51. The van der Waals surface area contributed by atoms with Gasteiger partial charge in [-0.25, -0.2) is 0 Å². The summed E-state index contributed by atoms with van der Waals surface area (Å²) in [4.78, 5) is 31.9. The Bertz CT molecular complexity index is 1820. The Kier molecular flexibility index (Phi) is 7.42. The fraction of sp³-hybridized carbons (Fsp3) is 0.233. The lowest BCUT2D eigenvalue weighted by molar-refractivity contribution is -0.143. The molecule has 0 bridgehead atoms. The Labute approximate surface area is 245 Å². The van der Waals surface area contributed by atoms with Gasteiger partial charge in [-0.05, 0) is 37.6 Å². The van der Waals surface area contributed by atoms with Crippen molar-refractivity contribution in [2.24, 2.45) is 4.99 Å². The van der Waals surface area contributed by atoms with E-state index >= 15 is 0 Å². The average molecular weight is 587 g/mol. The Morgan fingerprint density at radius 2 is 1.85 bits per heavy atom. The van der Waals surface area contributed by atoms with Gasteiger partial charge in [0.05, 0.1) is 18.9 Å². The summed E-state index contributed by atoms with van der Waals surface area (Å²) in [5.74, 6) is 0.531. The minimum atomic E-state index is -0.406. The van der Waals surface area contributed by atoms with Crippen LogP contribution in [-0.2, 0) is 35.6 Å². The summed E-state index contributed by atoms with van der Waals surface area (Å²) in [7, 11) is 0. The average Bonchev–Trinajstić information content (AvgIpc) is 3.66. The van der Waals surface area contributed by atoms with Gasteiger partial charge in [-0.1, -0.05) is 54.9 Å². The van der Waals surface area contributed by atoms with Crippen LogP contribution in [0.5, 0.6) is 0 Å². The highest BCUT2D eigenvalue weighted by Gasteiger charge is 2.27. The number of halogens is 1. The van der Waals surface area contributed by atoms with Gasteiger partial charge in [-0.3, -0.25) is 19.1 Å². The summed E-state index contributed by atoms with van der Waals surface area (Å²) in [6.07, 6.45) is 0.863. The molecule has 1 amide bonds. The lowest BCUT2D eigenvalue weighted by Crippen LogP contribution is -2.28. The molecule has 0 radical (unpaired) electrons. The molecule has 4 heterocycles. The number of nitrogens with zero attached hydrogens (tertiary/aromatic N) is 5. The number of aliphatic imine (C=N–C) groups is 1. The Morgan fingerprint density at radius 3 is 2.66 bits per heavy atom. The van der Waals surface area contributed by atoms with E-state index in [4.69, 9.17) is 21.3 Å². The molecule has 0 saturated heterocycles. The van der Waals surface area contributed by atoms with Crippen LogP contribution in [0.2, 0.25) is 5.02 Å². The monoisotopic (exact) mass is 586 g/mol. The van der Waals surface area contributed by atoms with Gasteiger partial charge in [0.25, 0.3) is 5.91 Å². The second-order valence-corrected chi connectivity index (χ2v) is 11.0. The van der Waals surface area contributed by atoms with Crippen LogP contribution in [0.25, 0.3) is 15.9 Å². The van der Waals surface area contributed by atoms with Crippen LogP contribution in [0.1, 0.15) is 52.0 Å². The van der Waals surface area contributed by atoms with Crippen molar-refractivity contribution in [2.45, 2.75) is 39.9 Å². The first-order chi connectivity index (χ1) is 20.0. The molecule has 0 aliphatic carbocycles. The number of aromatic nitrogens is 4. The van der Waals surface area contributed by atoms with Gasteiger partial charge < -0.3 is 14.6 Å². The van der Waals surface area contributed by atoms with E-state index in [1.54, 1.807) is 28.9 Å². The number of ether oxygens (including phenoxy) is 1. The molecule has 1 N–H and O–H groups in total. The van der Waals surface area contributed by atoms with Crippen LogP contribution in [0.3, 0.4) is 0 Å². The number of hydrogen-bond donors (Lipinski definition) is 1. The molecule has 6 rings (SSSR count). The van der Waals surface area contributed by atoms with Gasteiger partial charge in [-0.15, -0.1) is 21.5 Å². The quantitative estimate of drug-likeness (QED) is 0.247. The molecule has 0 fully saturated rings. The standard InChI is InChI=1S/C30H27ClN6O3S/c1-3-19-14-21-28(20-10-6-7-11-22(20)31)32-15-25-34-35-26(37(25)30(21)41-19)16-33-29(39)24-13-18-9-5-8-12-23(18)36(24)17-27(38)40-4-2/h5-14H,3-4,15-17H2,1-2H3,(H,33,39). The molecule has 9 nitrogen and oxygen atoms in total. The van der Waals surface area contributed by atoms with E-state index in [1.807, 2.05) is 53.1 Å². The Balaban J connectivity index is 1.32. The first-order valence-corrected chi connectivity index (χ1v) is 14.6. The first kappa shape index (κ1) is 26.9. The number of amides is 1. The lowest BCUT2D eigenvalue weighted by Gasteiger charge is -2.12. The van der Waals surface area contributed by atoms with Crippen molar-refractivity contribution < 1.29 is 14.3 Å². The van der Waals surface area contributed by atoms with Crippen molar-refractivity contribution in [3.63, 3.8) is 0 Å². The van der Waals surface area contributed by atoms with E-state index in [-0.39, 0.29) is 25.6 Å². The SMILES string of the molecule is CCOC(=O)Cn1c(C(=O)NCc2nnc3n2-c2sc(CC)cc2C(c2ccccc2Cl)=NC3)cc2ccccc21. The van der Waals surface area contributed by atoms with Gasteiger partial charge in [0.1, 0.15) is 23.8 Å². The molecular weight excluding hydrogens is 560 g/mol. The largest absolute Gasteiger partial charge is 0.465 e. The number of fused-ring (bicyclic) bond motifs is 4. The number of carbonyl (C=O) groups excluding carboxylic acids is 2. The highest BCUT2D eigenvalue weighted by atomic mass is 35.5. The molecule has 3 aromatic heterocycles. The van der Waals surface area contributed by atoms with Gasteiger partial charge in [0.15, 0.2) is 11.6 Å². The predicted molar refractivity (Wildman–Crippen MR) is 159 cm³/mol. The summed E-state index contributed by atoms with van der Waals surface area (Å²) >= 11 is 8.23. The minimum absolute atomic E-state index is 0.0645. The van der Waals surface area contributed by atoms with Crippen LogP contribution in [0.4, 0.5) is 0 Å². The maximum absolute atomic E-state index is 13.5. The van der Waals surface area contributed by atoms with Crippen LogP contribution in [0, 0.1) is 0 Å². The predicted octanol–water partition coefficient (Wildman–Crippen LogP) is 5.34. The maximum atomic E-state index is 13.5. The normalized spacial score (nSPS) is 12.4. The Morgan fingerprint density at radius 1 is 1.05 bits per heavy atom. The molecule has 1 aliphatic rings. The summed E-state index contributed by atoms with van der Waals surface area (Å²) in [5, 5.41) is 14.3. The van der Waals surface area contributed by atoms with Crippen LogP contribution in [0.15, 0.2) is 65.7 Å². The number of nitrogens with one attached hydrogen (secondary N) is 1. The topological polar surface area (TPSA) is 103 Å². The number of hydrogen-bond acceptors (Lipinski definition) is 7. The summed E-state index contributed by atoms with van der Waals surface area (Å²) in [6, 6.07) is 19.2. The molecule has 5 aromatic rings. The number of para-hydroxylation sites is 1. The maximum Gasteiger partial charge on any atom is 0.325 e. The van der Waals surface area contributed by atoms with Crippen molar-refractivity contribution >= 4 is 51.4 Å². The molecule has 1 aliphatic heterocycles. The number of thiophene rings is 1. The highest BCUT2D eigenvalue weighted by Crippen LogP contribution is 2.34. The highest BCUT2D eigenvalue weighted by molar-refractivity contribution is 7.15. The number of aryl methyl sites for hydroxylation is 1. The summed E-state index contributed by atoms with van der Waals surface area (Å²) in [5.41, 5.74) is 3.77. The summed E-state index contributed by atoms with van der Waals surface area (Å²) in [6.45, 7) is 4.52. The van der Waals surface area contributed by atoms with Crippen molar-refractivity contribution in [1.82, 2.24) is 24.6 Å². The van der Waals surface area contributed by atoms with E-state index in [0.29, 0.717) is 28.9 Å². The van der Waals surface area contributed by atoms with Crippen molar-refractivity contribution in [1.29, 1.82) is 0 Å². The van der Waals surface area contributed by atoms with Gasteiger partial charge in [-0.2, -0.15) is 0 Å². The first-order valence-electron chi connectivity index (χ1n) is 13.4. The lowest BCUT2D eigenvalue weighted by atomic mass is 10.0. The zero-order chi connectivity index (χ0) is 28.5. The number of esters is 1. The van der Waals surface area contributed by atoms with Crippen LogP contribution >= 0.6 is 22.9 Å². The zero-order valence-electron chi connectivity index (χ0n) is 22.6. The van der Waals surface area contributed by atoms with E-state index < -0.39 is 5.97 Å². The molecular formula is C30H27ClN6O3S. The van der Waals surface area contributed by atoms with E-state index in [1.165, 1.54) is 4.88 Å². The van der Waals surface area contributed by atoms with E-state index in [2.05, 4.69) is 28.5 Å². The zero-order valence-corrected chi connectivity index (χ0v) is 24.1. The smallest absolute Gasteiger partial charge is 0.325 e. The Hall–Kier alpha value is -4.28. The molecule has 41 heavy (non-hydrogen) atoms. The van der Waals surface area contributed by atoms with Crippen LogP contribution in [-0.4, -0.2) is 43.5 Å². The van der Waals surface area contributed by atoms with Gasteiger partial charge >= 0.3 is 5.97 Å². The summed E-state index contributed by atoms with van der Waals surface area (Å²) < 4.78 is 8.82. The third-order valence-electron chi connectivity index (χ3n) is 6.92. The van der Waals surface area contributed by atoms with Crippen molar-refractivity contribution in [2.75, 3.05) is 6.61 Å². The second kappa shape index (κ2) is 11.3. The van der Waals surface area contributed by atoms with E-state index in [9.17, 15) is 9.59 Å². The third kappa shape index (κ3) is 5.05. The number of carbonyl (C=O) groups is 2. The minimum Gasteiger partial charge on any atom is -0.465 e. The molecule has 208 valence electrons. The van der Waals surface area contributed by atoms with Crippen molar-refractivity contribution in [3.8, 4) is 5.00 Å². The van der Waals surface area contributed by atoms with E-state index in [0.717, 1.165) is 39.2 Å². The number of rotatable bonds is 8. The molecule has 0 saturated carbocycles. The van der Waals surface area contributed by atoms with Crippen LogP contribution < -0.4 is 5.32 Å². The second-order valence-electron chi connectivity index (χ2n) is 9.46. The van der Waals surface area contributed by atoms with Gasteiger partial charge in [0, 0.05) is 31.9 Å². The molecule has 0 unspecified atom stereocenters. The molecule has 2 aromatic carbocycles.